The highest BCUT2D eigenvalue weighted by Gasteiger charge is 2.33. The van der Waals surface area contributed by atoms with Crippen LogP contribution in [0, 0.1) is 6.92 Å². The van der Waals surface area contributed by atoms with Crippen LogP contribution in [0.3, 0.4) is 0 Å². The molecule has 144 valence electrons. The number of anilines is 1. The number of aryl methyl sites for hydroxylation is 2. The Kier molecular flexibility index (Phi) is 6.60. The third kappa shape index (κ3) is 6.13. The minimum absolute atomic E-state index is 0.214. The molecule has 4 nitrogen and oxygen atoms in total. The molecule has 0 radical (unpaired) electrons. The van der Waals surface area contributed by atoms with E-state index in [4.69, 9.17) is 0 Å². The Hall–Kier alpha value is -2.83. The van der Waals surface area contributed by atoms with Crippen molar-refractivity contribution in [2.24, 2.45) is 0 Å². The van der Waals surface area contributed by atoms with Gasteiger partial charge in [-0.25, -0.2) is 0 Å². The van der Waals surface area contributed by atoms with E-state index >= 15 is 0 Å². The first-order chi connectivity index (χ1) is 12.7. The van der Waals surface area contributed by atoms with Crippen molar-refractivity contribution >= 4 is 17.5 Å². The van der Waals surface area contributed by atoms with Crippen molar-refractivity contribution in [1.82, 2.24) is 4.90 Å². The van der Waals surface area contributed by atoms with Crippen LogP contribution in [0.15, 0.2) is 48.5 Å². The molecule has 0 aliphatic rings. The van der Waals surface area contributed by atoms with E-state index in [0.717, 1.165) is 17.2 Å². The predicted octanol–water partition coefficient (Wildman–Crippen LogP) is 4.04. The Labute approximate surface area is 156 Å². The standard InChI is InChI=1S/C20H21F3N2O2/c1-14-7-9-15(10-8-14)11-12-19(27)25(2)13-18(26)24-17-6-4-3-5-16(17)20(21,22)23/h3-10H,11-13H2,1-2H3,(H,24,26). The highest BCUT2D eigenvalue weighted by atomic mass is 19.4. The summed E-state index contributed by atoms with van der Waals surface area (Å²) in [7, 11) is 1.45. The molecule has 0 aromatic heterocycles. The summed E-state index contributed by atoms with van der Waals surface area (Å²) >= 11 is 0. The molecule has 1 N–H and O–H groups in total. The molecule has 0 spiro atoms. The quantitative estimate of drug-likeness (QED) is 0.825. The lowest BCUT2D eigenvalue weighted by atomic mass is 10.1. The lowest BCUT2D eigenvalue weighted by molar-refractivity contribution is -0.137. The number of amides is 2. The second-order valence-electron chi connectivity index (χ2n) is 6.33. The van der Waals surface area contributed by atoms with Crippen molar-refractivity contribution in [1.29, 1.82) is 0 Å². The Balaban J connectivity index is 1.90. The van der Waals surface area contributed by atoms with Crippen LogP contribution in [0.1, 0.15) is 23.1 Å². The molecular weight excluding hydrogens is 357 g/mol. The molecule has 2 amide bonds. The van der Waals surface area contributed by atoms with E-state index in [1.807, 2.05) is 31.2 Å². The number of carbonyl (C=O) groups excluding carboxylic acids is 2. The van der Waals surface area contributed by atoms with Crippen molar-refractivity contribution in [2.75, 3.05) is 18.9 Å². The number of carbonyl (C=O) groups is 2. The van der Waals surface area contributed by atoms with E-state index < -0.39 is 17.6 Å². The van der Waals surface area contributed by atoms with Gasteiger partial charge in [-0.15, -0.1) is 0 Å². The van der Waals surface area contributed by atoms with Gasteiger partial charge in [0.2, 0.25) is 11.8 Å². The monoisotopic (exact) mass is 378 g/mol. The number of rotatable bonds is 6. The number of halogens is 3. The molecule has 0 saturated heterocycles. The molecule has 2 aromatic carbocycles. The third-order valence-electron chi connectivity index (χ3n) is 4.06. The number of likely N-dealkylation sites (N-methyl/N-ethyl adjacent to an activating group) is 1. The minimum atomic E-state index is -4.57. The molecule has 0 unspecified atom stereocenters. The average Bonchev–Trinajstić information content (AvgIpc) is 2.60. The van der Waals surface area contributed by atoms with Gasteiger partial charge < -0.3 is 10.2 Å². The number of alkyl halides is 3. The van der Waals surface area contributed by atoms with Crippen LogP contribution in [0.4, 0.5) is 18.9 Å². The van der Waals surface area contributed by atoms with Gasteiger partial charge >= 0.3 is 6.18 Å². The first kappa shape index (κ1) is 20.5. The molecule has 0 aliphatic heterocycles. The Morgan fingerprint density at radius 1 is 1.04 bits per heavy atom. The van der Waals surface area contributed by atoms with E-state index in [-0.39, 0.29) is 24.6 Å². The van der Waals surface area contributed by atoms with Crippen LogP contribution in [0.25, 0.3) is 0 Å². The SMILES string of the molecule is Cc1ccc(CCC(=O)N(C)CC(=O)Nc2ccccc2C(F)(F)F)cc1. The molecule has 0 fully saturated rings. The first-order valence-electron chi connectivity index (χ1n) is 8.42. The fourth-order valence-corrected chi connectivity index (χ4v) is 2.53. The highest BCUT2D eigenvalue weighted by molar-refractivity contribution is 5.95. The summed E-state index contributed by atoms with van der Waals surface area (Å²) in [6.45, 7) is 1.65. The summed E-state index contributed by atoms with van der Waals surface area (Å²) in [6, 6.07) is 12.5. The molecule has 0 heterocycles. The van der Waals surface area contributed by atoms with Gasteiger partial charge in [-0.2, -0.15) is 13.2 Å². The maximum atomic E-state index is 13.0. The van der Waals surface area contributed by atoms with Crippen molar-refractivity contribution in [3.05, 3.63) is 65.2 Å². The largest absolute Gasteiger partial charge is 0.418 e. The second kappa shape index (κ2) is 8.70. The van der Waals surface area contributed by atoms with Crippen LogP contribution < -0.4 is 5.32 Å². The van der Waals surface area contributed by atoms with Crippen LogP contribution in [-0.4, -0.2) is 30.3 Å². The fourth-order valence-electron chi connectivity index (χ4n) is 2.53. The summed E-state index contributed by atoms with van der Waals surface area (Å²) in [5, 5.41) is 2.23. The van der Waals surface area contributed by atoms with Crippen molar-refractivity contribution in [3.8, 4) is 0 Å². The number of benzene rings is 2. The van der Waals surface area contributed by atoms with Crippen molar-refractivity contribution in [2.45, 2.75) is 25.9 Å². The summed E-state index contributed by atoms with van der Waals surface area (Å²) in [6.07, 6.45) is -3.83. The van der Waals surface area contributed by atoms with E-state index in [1.165, 1.54) is 30.1 Å². The summed E-state index contributed by atoms with van der Waals surface area (Å²) in [5.74, 6) is -0.937. The third-order valence-corrected chi connectivity index (χ3v) is 4.06. The second-order valence-corrected chi connectivity index (χ2v) is 6.33. The van der Waals surface area contributed by atoms with Gasteiger partial charge in [0.15, 0.2) is 0 Å². The average molecular weight is 378 g/mol. The number of hydrogen-bond acceptors (Lipinski definition) is 2. The van der Waals surface area contributed by atoms with Crippen molar-refractivity contribution < 1.29 is 22.8 Å². The van der Waals surface area contributed by atoms with Crippen LogP contribution in [0.2, 0.25) is 0 Å². The lowest BCUT2D eigenvalue weighted by Crippen LogP contribution is -2.35. The maximum Gasteiger partial charge on any atom is 0.418 e. The topological polar surface area (TPSA) is 49.4 Å². The number of nitrogens with one attached hydrogen (secondary N) is 1. The molecule has 0 bridgehead atoms. The summed E-state index contributed by atoms with van der Waals surface area (Å²) in [5.41, 5.74) is 0.881. The predicted molar refractivity (Wildman–Crippen MR) is 97.2 cm³/mol. The Bertz CT molecular complexity index is 802. The highest BCUT2D eigenvalue weighted by Crippen LogP contribution is 2.34. The number of nitrogens with zero attached hydrogens (tertiary/aromatic N) is 1. The maximum absolute atomic E-state index is 13.0. The lowest BCUT2D eigenvalue weighted by Gasteiger charge is -2.18. The van der Waals surface area contributed by atoms with Gasteiger partial charge in [-0.1, -0.05) is 42.0 Å². The smallest absolute Gasteiger partial charge is 0.336 e. The number of para-hydroxylation sites is 1. The zero-order chi connectivity index (χ0) is 20.0. The zero-order valence-corrected chi connectivity index (χ0v) is 15.1. The van der Waals surface area contributed by atoms with Crippen LogP contribution >= 0.6 is 0 Å². The molecule has 0 saturated carbocycles. The molecular formula is C20H21F3N2O2. The molecule has 0 aliphatic carbocycles. The van der Waals surface area contributed by atoms with Gasteiger partial charge in [0.25, 0.3) is 0 Å². The summed E-state index contributed by atoms with van der Waals surface area (Å²) < 4.78 is 38.9. The van der Waals surface area contributed by atoms with Gasteiger partial charge in [0.1, 0.15) is 0 Å². The molecule has 2 rings (SSSR count). The fraction of sp³-hybridized carbons (Fsp3) is 0.300. The van der Waals surface area contributed by atoms with E-state index in [1.54, 1.807) is 0 Å². The van der Waals surface area contributed by atoms with Gasteiger partial charge in [-0.05, 0) is 31.0 Å². The molecule has 2 aromatic rings. The first-order valence-corrected chi connectivity index (χ1v) is 8.42. The number of hydrogen-bond donors (Lipinski definition) is 1. The summed E-state index contributed by atoms with van der Waals surface area (Å²) in [4.78, 5) is 25.4. The Morgan fingerprint density at radius 2 is 1.67 bits per heavy atom. The van der Waals surface area contributed by atoms with E-state index in [9.17, 15) is 22.8 Å². The van der Waals surface area contributed by atoms with E-state index in [0.29, 0.717) is 6.42 Å². The van der Waals surface area contributed by atoms with Crippen LogP contribution in [-0.2, 0) is 22.2 Å². The normalized spacial score (nSPS) is 11.1. The molecule has 0 atom stereocenters. The van der Waals surface area contributed by atoms with Gasteiger partial charge in [-0.3, -0.25) is 9.59 Å². The van der Waals surface area contributed by atoms with Crippen molar-refractivity contribution in [3.63, 3.8) is 0 Å². The minimum Gasteiger partial charge on any atom is -0.336 e. The molecule has 27 heavy (non-hydrogen) atoms. The van der Waals surface area contributed by atoms with Crippen LogP contribution in [0.5, 0.6) is 0 Å². The molecule has 7 heteroatoms. The zero-order valence-electron chi connectivity index (χ0n) is 15.1. The van der Waals surface area contributed by atoms with E-state index in [2.05, 4.69) is 5.32 Å². The Morgan fingerprint density at radius 3 is 2.30 bits per heavy atom. The van der Waals surface area contributed by atoms with Gasteiger partial charge in [0, 0.05) is 13.5 Å². The van der Waals surface area contributed by atoms with Gasteiger partial charge in [0.05, 0.1) is 17.8 Å².